The number of carbonyl (C=O) groups is 2. The molecule has 1 aliphatic heterocycles. The lowest BCUT2D eigenvalue weighted by molar-refractivity contribution is 0.0948. The second kappa shape index (κ2) is 11.0. The van der Waals surface area contributed by atoms with Crippen LogP contribution in [0.25, 0.3) is 11.0 Å². The molecule has 0 radical (unpaired) electrons. The van der Waals surface area contributed by atoms with Crippen LogP contribution >= 0.6 is 11.6 Å². The molecule has 0 atom stereocenters. The Labute approximate surface area is 221 Å². The van der Waals surface area contributed by atoms with Gasteiger partial charge < -0.3 is 15.1 Å². The highest BCUT2D eigenvalue weighted by molar-refractivity contribution is 6.31. The molecule has 7 nitrogen and oxygen atoms in total. The van der Waals surface area contributed by atoms with Gasteiger partial charge in [0.1, 0.15) is 11.5 Å². The first-order chi connectivity index (χ1) is 18.0. The Balaban J connectivity index is 1.19. The van der Waals surface area contributed by atoms with Crippen molar-refractivity contribution < 1.29 is 9.59 Å². The molecule has 0 aliphatic carbocycles. The van der Waals surface area contributed by atoms with Gasteiger partial charge in [-0.1, -0.05) is 29.8 Å². The number of anilines is 2. The summed E-state index contributed by atoms with van der Waals surface area (Å²) in [7, 11) is 0. The zero-order valence-electron chi connectivity index (χ0n) is 20.7. The van der Waals surface area contributed by atoms with E-state index >= 15 is 0 Å². The summed E-state index contributed by atoms with van der Waals surface area (Å²) in [5.41, 5.74) is 4.66. The molecule has 1 aliphatic rings. The monoisotopic (exact) mass is 513 g/mol. The van der Waals surface area contributed by atoms with Gasteiger partial charge >= 0.3 is 0 Å². The van der Waals surface area contributed by atoms with Gasteiger partial charge in [0.05, 0.1) is 11.0 Å². The minimum absolute atomic E-state index is 0.0782. The van der Waals surface area contributed by atoms with Crippen molar-refractivity contribution in [1.29, 1.82) is 0 Å². The molecule has 1 N–H and O–H groups in total. The lowest BCUT2D eigenvalue weighted by Gasteiger charge is -2.36. The summed E-state index contributed by atoms with van der Waals surface area (Å²) in [4.78, 5) is 38.0. The highest BCUT2D eigenvalue weighted by atomic mass is 35.5. The zero-order chi connectivity index (χ0) is 25.8. The number of amides is 1. The minimum Gasteiger partial charge on any atom is -0.368 e. The first-order valence-corrected chi connectivity index (χ1v) is 12.8. The van der Waals surface area contributed by atoms with Gasteiger partial charge in [-0.25, -0.2) is 9.97 Å². The van der Waals surface area contributed by atoms with Crippen LogP contribution in [0.3, 0.4) is 0 Å². The number of ketones is 1. The van der Waals surface area contributed by atoms with Crippen LogP contribution in [-0.4, -0.2) is 54.4 Å². The molecule has 0 bridgehead atoms. The number of Topliss-reactive ketones (excluding diaryl/α,β-unsaturated/α-hetero) is 1. The molecular weight excluding hydrogens is 486 g/mol. The Morgan fingerprint density at radius 2 is 1.51 bits per heavy atom. The maximum atomic E-state index is 12.6. The van der Waals surface area contributed by atoms with Gasteiger partial charge in [0, 0.05) is 49.0 Å². The maximum absolute atomic E-state index is 12.6. The van der Waals surface area contributed by atoms with Crippen LogP contribution in [0.1, 0.15) is 33.3 Å². The van der Waals surface area contributed by atoms with Gasteiger partial charge in [-0.2, -0.15) is 0 Å². The average Bonchev–Trinajstić information content (AvgIpc) is 2.93. The highest BCUT2D eigenvalue weighted by Crippen LogP contribution is 2.22. The van der Waals surface area contributed by atoms with Gasteiger partial charge in [0.2, 0.25) is 0 Å². The number of nitrogens with one attached hydrogen (secondary N) is 1. The molecule has 1 saturated heterocycles. The van der Waals surface area contributed by atoms with Crippen molar-refractivity contribution in [3.05, 3.63) is 94.6 Å². The fourth-order valence-electron chi connectivity index (χ4n) is 4.50. The molecule has 0 saturated carbocycles. The Morgan fingerprint density at radius 1 is 0.838 bits per heavy atom. The van der Waals surface area contributed by atoms with E-state index in [1.807, 2.05) is 66.7 Å². The summed E-state index contributed by atoms with van der Waals surface area (Å²) >= 11 is 6.19. The van der Waals surface area contributed by atoms with Crippen LogP contribution in [0.4, 0.5) is 11.5 Å². The Kier molecular flexibility index (Phi) is 7.32. The second-order valence-corrected chi connectivity index (χ2v) is 9.49. The number of benzene rings is 2. The van der Waals surface area contributed by atoms with Gasteiger partial charge in [-0.15, -0.1) is 0 Å². The molecule has 1 amide bonds. The molecule has 3 heterocycles. The number of halogens is 1. The molecule has 4 aromatic rings. The zero-order valence-corrected chi connectivity index (χ0v) is 21.4. The van der Waals surface area contributed by atoms with Crippen molar-refractivity contribution >= 4 is 45.8 Å². The van der Waals surface area contributed by atoms with E-state index in [4.69, 9.17) is 16.6 Å². The van der Waals surface area contributed by atoms with Crippen LogP contribution in [0.15, 0.2) is 72.8 Å². The highest BCUT2D eigenvalue weighted by Gasteiger charge is 2.19. The third kappa shape index (κ3) is 5.73. The summed E-state index contributed by atoms with van der Waals surface area (Å²) in [6.07, 6.45) is 0.654. The fraction of sp³-hybridized carbons (Fsp3) is 0.241. The summed E-state index contributed by atoms with van der Waals surface area (Å²) in [6.45, 7) is 5.47. The SMILES string of the molecule is CC(=O)c1ccc(N2CCN(c3ccc4nc(C(=O)NCCc5ccccc5Cl)ccc4n3)CC2)cc1. The lowest BCUT2D eigenvalue weighted by atomic mass is 10.1. The molecule has 0 spiro atoms. The summed E-state index contributed by atoms with van der Waals surface area (Å²) in [5.74, 6) is 0.762. The number of hydrogen-bond donors (Lipinski definition) is 1. The first-order valence-electron chi connectivity index (χ1n) is 12.4. The van der Waals surface area contributed by atoms with Crippen molar-refractivity contribution in [1.82, 2.24) is 15.3 Å². The van der Waals surface area contributed by atoms with Crippen LogP contribution in [0.5, 0.6) is 0 Å². The maximum Gasteiger partial charge on any atom is 0.269 e. The quantitative estimate of drug-likeness (QED) is 0.358. The van der Waals surface area contributed by atoms with Crippen molar-refractivity contribution in [2.75, 3.05) is 42.5 Å². The van der Waals surface area contributed by atoms with Gasteiger partial charge in [-0.05, 0) is 73.5 Å². The van der Waals surface area contributed by atoms with E-state index in [1.54, 1.807) is 13.0 Å². The van der Waals surface area contributed by atoms with Gasteiger partial charge in [0.25, 0.3) is 5.91 Å². The largest absolute Gasteiger partial charge is 0.368 e. The molecule has 5 rings (SSSR count). The Morgan fingerprint density at radius 3 is 2.24 bits per heavy atom. The van der Waals surface area contributed by atoms with E-state index in [0.717, 1.165) is 54.3 Å². The molecule has 2 aromatic carbocycles. The molecule has 2 aromatic heterocycles. The molecule has 188 valence electrons. The first kappa shape index (κ1) is 24.7. The Hall–Kier alpha value is -3.97. The summed E-state index contributed by atoms with van der Waals surface area (Å²) in [6, 6.07) is 22.9. The smallest absolute Gasteiger partial charge is 0.269 e. The predicted octanol–water partition coefficient (Wildman–Crippen LogP) is 4.78. The number of fused-ring (bicyclic) bond motifs is 1. The number of carbonyl (C=O) groups excluding carboxylic acids is 2. The third-order valence-corrected chi connectivity index (χ3v) is 7.01. The summed E-state index contributed by atoms with van der Waals surface area (Å²) in [5, 5.41) is 3.62. The van der Waals surface area contributed by atoms with Crippen LogP contribution < -0.4 is 15.1 Å². The van der Waals surface area contributed by atoms with Crippen molar-refractivity contribution in [3.8, 4) is 0 Å². The number of rotatable bonds is 7. The number of nitrogens with zero attached hydrogens (tertiary/aromatic N) is 4. The Bertz CT molecular complexity index is 1430. The van der Waals surface area contributed by atoms with Crippen molar-refractivity contribution in [2.45, 2.75) is 13.3 Å². The van der Waals surface area contributed by atoms with Gasteiger partial charge in [0.15, 0.2) is 5.78 Å². The van der Waals surface area contributed by atoms with E-state index < -0.39 is 0 Å². The fourth-order valence-corrected chi connectivity index (χ4v) is 4.73. The van der Waals surface area contributed by atoms with Crippen LogP contribution in [0.2, 0.25) is 5.02 Å². The molecule has 8 heteroatoms. The average molecular weight is 514 g/mol. The molecule has 37 heavy (non-hydrogen) atoms. The van der Waals surface area contributed by atoms with Crippen LogP contribution in [-0.2, 0) is 6.42 Å². The lowest BCUT2D eigenvalue weighted by Crippen LogP contribution is -2.46. The third-order valence-electron chi connectivity index (χ3n) is 6.64. The summed E-state index contributed by atoms with van der Waals surface area (Å²) < 4.78 is 0. The van der Waals surface area contributed by atoms with Crippen molar-refractivity contribution in [3.63, 3.8) is 0 Å². The molecule has 1 fully saturated rings. The number of piperazine rings is 1. The van der Waals surface area contributed by atoms with E-state index in [-0.39, 0.29) is 11.7 Å². The van der Waals surface area contributed by atoms with E-state index in [2.05, 4.69) is 20.1 Å². The molecular formula is C29H28ClN5O2. The second-order valence-electron chi connectivity index (χ2n) is 9.08. The minimum atomic E-state index is -0.217. The van der Waals surface area contributed by atoms with E-state index in [1.165, 1.54) is 0 Å². The van der Waals surface area contributed by atoms with Gasteiger partial charge in [-0.3, -0.25) is 9.59 Å². The normalized spacial score (nSPS) is 13.6. The van der Waals surface area contributed by atoms with Crippen molar-refractivity contribution in [2.24, 2.45) is 0 Å². The topological polar surface area (TPSA) is 78.4 Å². The molecule has 0 unspecified atom stereocenters. The van der Waals surface area contributed by atoms with E-state index in [9.17, 15) is 9.59 Å². The van der Waals surface area contributed by atoms with Crippen LogP contribution in [0, 0.1) is 0 Å². The van der Waals surface area contributed by atoms with E-state index in [0.29, 0.717) is 29.2 Å². The number of pyridine rings is 2. The standard InChI is InChI=1S/C29H28ClN5O2/c1-20(36)21-6-8-23(9-7-21)34-16-18-35(19-17-34)28-13-12-25-26(33-28)10-11-27(32-25)29(37)31-15-14-22-4-2-3-5-24(22)30/h2-13H,14-19H2,1H3,(H,31,37). The number of aromatic nitrogens is 2. The predicted molar refractivity (Wildman–Crippen MR) is 148 cm³/mol. The number of hydrogen-bond acceptors (Lipinski definition) is 6.